The molecule has 1 nitrogen and oxygen atoms in total. The van der Waals surface area contributed by atoms with Crippen LogP contribution >= 0.6 is 0 Å². The van der Waals surface area contributed by atoms with Crippen LogP contribution in [0.5, 0.6) is 0 Å². The number of fused-ring (bicyclic) bond motifs is 2. The van der Waals surface area contributed by atoms with E-state index in [1.807, 2.05) is 12.1 Å². The third kappa shape index (κ3) is 6.38. The highest BCUT2D eigenvalue weighted by molar-refractivity contribution is 5.90. The molecule has 0 N–H and O–H groups in total. The maximum Gasteiger partial charge on any atom is 0.458 e. The van der Waals surface area contributed by atoms with Crippen LogP contribution in [0.4, 0.5) is 26.3 Å². The van der Waals surface area contributed by atoms with Gasteiger partial charge in [0.2, 0.25) is 0 Å². The molecule has 0 aliphatic heterocycles. The SMILES string of the molecule is CCCCCCc1ccc2cc(-c3ccc(-c4cc(F)c5c(F)c(C#CC(F)(F)F)c(F)cc5c4)nc3)ccc2c1. The third-order valence-corrected chi connectivity index (χ3v) is 7.03. The Hall–Kier alpha value is -4.31. The van der Waals surface area contributed by atoms with Crippen molar-refractivity contribution in [2.24, 2.45) is 0 Å². The molecule has 1 aromatic heterocycles. The quantitative estimate of drug-likeness (QED) is 0.109. The van der Waals surface area contributed by atoms with Gasteiger partial charge in [-0.3, -0.25) is 4.98 Å². The van der Waals surface area contributed by atoms with Crippen LogP contribution in [-0.4, -0.2) is 11.2 Å². The standard InChI is InChI=1S/C34H25F6N/c1-2-3-4-5-6-21-7-8-23-16-24(10-9-22(23)15-21)25-11-12-31(41-20-25)26-17-27-19-29(35)28(13-14-34(38,39)40)33(37)32(27)30(36)18-26/h7-12,15-20H,2-6H2,1H3. The fourth-order valence-electron chi connectivity index (χ4n) is 4.93. The lowest BCUT2D eigenvalue weighted by atomic mass is 9.98. The fourth-order valence-corrected chi connectivity index (χ4v) is 4.93. The Kier molecular flexibility index (Phi) is 8.03. The third-order valence-electron chi connectivity index (χ3n) is 7.03. The summed E-state index contributed by atoms with van der Waals surface area (Å²) in [6.45, 7) is 2.20. The number of nitrogens with zero attached hydrogens (tertiary/aromatic N) is 1. The summed E-state index contributed by atoms with van der Waals surface area (Å²) in [5.74, 6) is -1.60. The van der Waals surface area contributed by atoms with E-state index in [-0.39, 0.29) is 10.9 Å². The summed E-state index contributed by atoms with van der Waals surface area (Å²) in [6.07, 6.45) is 2.63. The summed E-state index contributed by atoms with van der Waals surface area (Å²) >= 11 is 0. The van der Waals surface area contributed by atoms with Crippen LogP contribution in [0.2, 0.25) is 0 Å². The lowest BCUT2D eigenvalue weighted by molar-refractivity contribution is -0.0696. The molecule has 0 amide bonds. The molecule has 5 aromatic rings. The summed E-state index contributed by atoms with van der Waals surface area (Å²) in [5.41, 5.74) is 2.60. The van der Waals surface area contributed by atoms with Gasteiger partial charge in [0.05, 0.1) is 16.6 Å². The Morgan fingerprint density at radius 2 is 1.44 bits per heavy atom. The van der Waals surface area contributed by atoms with Crippen molar-refractivity contribution >= 4 is 21.5 Å². The topological polar surface area (TPSA) is 12.9 Å². The van der Waals surface area contributed by atoms with Crippen molar-refractivity contribution in [1.29, 1.82) is 0 Å². The zero-order chi connectivity index (χ0) is 29.1. The van der Waals surface area contributed by atoms with E-state index in [2.05, 4.69) is 42.2 Å². The number of benzene rings is 4. The number of aryl methyl sites for hydroxylation is 1. The fraction of sp³-hybridized carbons (Fsp3) is 0.206. The minimum Gasteiger partial charge on any atom is -0.256 e. The predicted molar refractivity (Wildman–Crippen MR) is 151 cm³/mol. The first-order valence-corrected chi connectivity index (χ1v) is 13.3. The van der Waals surface area contributed by atoms with E-state index < -0.39 is 34.6 Å². The number of halogens is 6. The smallest absolute Gasteiger partial charge is 0.256 e. The van der Waals surface area contributed by atoms with Crippen molar-refractivity contribution in [3.63, 3.8) is 0 Å². The number of aromatic nitrogens is 1. The van der Waals surface area contributed by atoms with Crippen LogP contribution in [0.1, 0.15) is 43.7 Å². The highest BCUT2D eigenvalue weighted by atomic mass is 19.4. The van der Waals surface area contributed by atoms with Gasteiger partial charge in [-0.1, -0.05) is 68.5 Å². The molecule has 41 heavy (non-hydrogen) atoms. The van der Waals surface area contributed by atoms with Crippen LogP contribution in [0.25, 0.3) is 43.9 Å². The molecule has 4 aromatic carbocycles. The maximum absolute atomic E-state index is 14.9. The van der Waals surface area contributed by atoms with Gasteiger partial charge in [-0.25, -0.2) is 13.2 Å². The van der Waals surface area contributed by atoms with Gasteiger partial charge in [-0.15, -0.1) is 0 Å². The Balaban J connectivity index is 1.41. The van der Waals surface area contributed by atoms with Crippen molar-refractivity contribution in [3.8, 4) is 34.2 Å². The summed E-state index contributed by atoms with van der Waals surface area (Å²) < 4.78 is 81.4. The molecule has 0 fully saturated rings. The number of rotatable bonds is 7. The predicted octanol–water partition coefficient (Wildman–Crippen LogP) is 10.2. The zero-order valence-electron chi connectivity index (χ0n) is 22.2. The van der Waals surface area contributed by atoms with Gasteiger partial charge in [0.25, 0.3) is 0 Å². The molecule has 0 spiro atoms. The Morgan fingerprint density at radius 3 is 2.17 bits per heavy atom. The molecule has 208 valence electrons. The number of unbranched alkanes of at least 4 members (excludes halogenated alkanes) is 3. The highest BCUT2D eigenvalue weighted by Gasteiger charge is 2.24. The van der Waals surface area contributed by atoms with Crippen molar-refractivity contribution in [3.05, 3.63) is 102 Å². The molecular weight excluding hydrogens is 536 g/mol. The monoisotopic (exact) mass is 561 g/mol. The van der Waals surface area contributed by atoms with Crippen molar-refractivity contribution in [2.45, 2.75) is 45.2 Å². The average molecular weight is 562 g/mol. The number of pyridine rings is 1. The van der Waals surface area contributed by atoms with E-state index in [0.717, 1.165) is 46.4 Å². The van der Waals surface area contributed by atoms with Gasteiger partial charge in [0, 0.05) is 23.2 Å². The van der Waals surface area contributed by atoms with E-state index in [4.69, 9.17) is 0 Å². The number of hydrogen-bond acceptors (Lipinski definition) is 1. The normalized spacial score (nSPS) is 11.6. The molecule has 7 heteroatoms. The molecule has 5 rings (SSSR count). The van der Waals surface area contributed by atoms with E-state index >= 15 is 0 Å². The van der Waals surface area contributed by atoms with Crippen molar-refractivity contribution in [2.75, 3.05) is 0 Å². The minimum absolute atomic E-state index is 0.155. The largest absolute Gasteiger partial charge is 0.458 e. The first-order valence-electron chi connectivity index (χ1n) is 13.3. The van der Waals surface area contributed by atoms with Crippen molar-refractivity contribution in [1.82, 2.24) is 4.98 Å². The Bertz CT molecular complexity index is 1790. The zero-order valence-corrected chi connectivity index (χ0v) is 22.2. The molecule has 0 unspecified atom stereocenters. The van der Waals surface area contributed by atoms with Crippen LogP contribution in [0.15, 0.2) is 72.9 Å². The first-order chi connectivity index (χ1) is 19.6. The lowest BCUT2D eigenvalue weighted by Gasteiger charge is -2.10. The van der Waals surface area contributed by atoms with Gasteiger partial charge in [-0.2, -0.15) is 13.2 Å². The molecule has 0 atom stereocenters. The second-order valence-electron chi connectivity index (χ2n) is 9.99. The van der Waals surface area contributed by atoms with Gasteiger partial charge in [-0.05, 0) is 70.5 Å². The molecule has 0 aliphatic rings. The van der Waals surface area contributed by atoms with E-state index in [1.165, 1.54) is 43.2 Å². The van der Waals surface area contributed by atoms with Crippen molar-refractivity contribution < 1.29 is 26.3 Å². The average Bonchev–Trinajstić information content (AvgIpc) is 2.94. The van der Waals surface area contributed by atoms with E-state index in [1.54, 1.807) is 12.3 Å². The molecular formula is C34H25F6N. The van der Waals surface area contributed by atoms with Crippen LogP contribution < -0.4 is 0 Å². The molecule has 0 bridgehead atoms. The van der Waals surface area contributed by atoms with Gasteiger partial charge >= 0.3 is 6.18 Å². The minimum atomic E-state index is -4.95. The molecule has 0 aliphatic carbocycles. The molecule has 0 saturated carbocycles. The summed E-state index contributed by atoms with van der Waals surface area (Å²) in [5, 5.41) is 1.46. The van der Waals surface area contributed by atoms with E-state index in [0.29, 0.717) is 5.69 Å². The Morgan fingerprint density at radius 1 is 0.707 bits per heavy atom. The summed E-state index contributed by atoms with van der Waals surface area (Å²) in [4.78, 5) is 4.43. The van der Waals surface area contributed by atoms with Crippen LogP contribution in [0, 0.1) is 29.3 Å². The Labute approximate surface area is 233 Å². The summed E-state index contributed by atoms with van der Waals surface area (Å²) in [7, 11) is 0. The number of alkyl halides is 3. The van der Waals surface area contributed by atoms with Gasteiger partial charge in [0.15, 0.2) is 5.82 Å². The second-order valence-corrected chi connectivity index (χ2v) is 9.99. The van der Waals surface area contributed by atoms with Gasteiger partial charge < -0.3 is 0 Å². The van der Waals surface area contributed by atoms with Gasteiger partial charge in [0.1, 0.15) is 11.6 Å². The second kappa shape index (κ2) is 11.7. The molecule has 0 radical (unpaired) electrons. The van der Waals surface area contributed by atoms with Crippen LogP contribution in [-0.2, 0) is 6.42 Å². The van der Waals surface area contributed by atoms with E-state index in [9.17, 15) is 26.3 Å². The van der Waals surface area contributed by atoms with Crippen LogP contribution in [0.3, 0.4) is 0 Å². The summed E-state index contributed by atoms with van der Waals surface area (Å²) in [6, 6.07) is 19.3. The first kappa shape index (κ1) is 28.2. The maximum atomic E-state index is 14.9. The molecule has 1 heterocycles. The highest BCUT2D eigenvalue weighted by Crippen LogP contribution is 2.32. The number of hydrogen-bond donors (Lipinski definition) is 0. The molecule has 0 saturated heterocycles. The lowest BCUT2D eigenvalue weighted by Crippen LogP contribution is -2.03.